The second kappa shape index (κ2) is 8.31. The third-order valence-electron chi connectivity index (χ3n) is 5.24. The molecule has 0 spiro atoms. The molecule has 8 heteroatoms. The van der Waals surface area contributed by atoms with Crippen molar-refractivity contribution in [3.05, 3.63) is 58.3 Å². The van der Waals surface area contributed by atoms with Crippen LogP contribution in [-0.4, -0.2) is 59.9 Å². The van der Waals surface area contributed by atoms with E-state index in [0.29, 0.717) is 54.0 Å². The fourth-order valence-corrected chi connectivity index (χ4v) is 4.37. The lowest BCUT2D eigenvalue weighted by Gasteiger charge is -2.34. The predicted molar refractivity (Wildman–Crippen MR) is 114 cm³/mol. The molecule has 7 nitrogen and oxygen atoms in total. The van der Waals surface area contributed by atoms with E-state index in [-0.39, 0.29) is 11.8 Å². The van der Waals surface area contributed by atoms with Gasteiger partial charge in [-0.1, -0.05) is 6.07 Å². The van der Waals surface area contributed by atoms with E-state index in [2.05, 4.69) is 4.98 Å². The van der Waals surface area contributed by atoms with Crippen LogP contribution in [0.2, 0.25) is 0 Å². The molecule has 0 aliphatic carbocycles. The van der Waals surface area contributed by atoms with Crippen LogP contribution in [0.4, 0.5) is 0 Å². The Labute approximate surface area is 178 Å². The molecule has 2 aromatic heterocycles. The molecule has 2 amide bonds. The van der Waals surface area contributed by atoms with E-state index in [0.717, 1.165) is 10.4 Å². The highest BCUT2D eigenvalue weighted by atomic mass is 32.1. The quantitative estimate of drug-likeness (QED) is 0.638. The zero-order valence-electron chi connectivity index (χ0n) is 17.2. The fourth-order valence-electron chi connectivity index (χ4n) is 3.50. The Hall–Kier alpha value is -3.13. The molecule has 0 radical (unpaired) electrons. The van der Waals surface area contributed by atoms with Crippen LogP contribution in [0, 0.1) is 13.8 Å². The van der Waals surface area contributed by atoms with E-state index in [1.54, 1.807) is 35.3 Å². The fraction of sp³-hybridized carbons (Fsp3) is 0.318. The highest BCUT2D eigenvalue weighted by Gasteiger charge is 2.28. The minimum absolute atomic E-state index is 0.0506. The second-order valence-electron chi connectivity index (χ2n) is 7.17. The third-order valence-corrected chi connectivity index (χ3v) is 6.23. The standard InChI is InChI=1S/C22H23N3O4S/c1-14-6-7-16(13-18(14)28-3)21(26)24-8-10-25(11-9-24)22(27)19-15(2)30-20(23-19)17-5-4-12-29-17/h4-7,12-13H,8-11H2,1-3H3. The molecule has 1 aliphatic rings. The Balaban J connectivity index is 1.42. The van der Waals surface area contributed by atoms with Crippen LogP contribution in [0.15, 0.2) is 41.0 Å². The normalized spacial score (nSPS) is 14.1. The molecular formula is C22H23N3O4S. The predicted octanol–water partition coefficient (Wildman–Crippen LogP) is 3.63. The molecule has 1 aliphatic heterocycles. The van der Waals surface area contributed by atoms with Gasteiger partial charge < -0.3 is 19.0 Å². The molecule has 0 unspecified atom stereocenters. The molecule has 0 saturated carbocycles. The zero-order valence-corrected chi connectivity index (χ0v) is 18.0. The first-order valence-electron chi connectivity index (χ1n) is 9.72. The summed E-state index contributed by atoms with van der Waals surface area (Å²) in [6, 6.07) is 9.09. The summed E-state index contributed by atoms with van der Waals surface area (Å²) in [6.45, 7) is 5.74. The van der Waals surface area contributed by atoms with Gasteiger partial charge in [0.05, 0.1) is 13.4 Å². The lowest BCUT2D eigenvalue weighted by Crippen LogP contribution is -2.50. The van der Waals surface area contributed by atoms with Crippen LogP contribution in [0.1, 0.15) is 31.3 Å². The number of rotatable bonds is 4. The van der Waals surface area contributed by atoms with Gasteiger partial charge in [0.1, 0.15) is 11.4 Å². The van der Waals surface area contributed by atoms with Gasteiger partial charge in [0.2, 0.25) is 0 Å². The average molecular weight is 426 g/mol. The van der Waals surface area contributed by atoms with Crippen molar-refractivity contribution in [1.29, 1.82) is 0 Å². The summed E-state index contributed by atoms with van der Waals surface area (Å²) in [6.07, 6.45) is 1.59. The summed E-state index contributed by atoms with van der Waals surface area (Å²) in [5.41, 5.74) is 2.03. The van der Waals surface area contributed by atoms with Gasteiger partial charge in [0.25, 0.3) is 11.8 Å². The number of methoxy groups -OCH3 is 1. The van der Waals surface area contributed by atoms with Crippen LogP contribution >= 0.6 is 11.3 Å². The number of carbonyl (C=O) groups is 2. The summed E-state index contributed by atoms with van der Waals surface area (Å²) in [4.78, 5) is 34.7. The zero-order chi connectivity index (χ0) is 21.3. The molecule has 156 valence electrons. The van der Waals surface area contributed by atoms with Gasteiger partial charge in [-0.05, 0) is 43.7 Å². The first-order chi connectivity index (χ1) is 14.5. The molecule has 3 aromatic rings. The molecule has 30 heavy (non-hydrogen) atoms. The smallest absolute Gasteiger partial charge is 0.273 e. The number of hydrogen-bond donors (Lipinski definition) is 0. The largest absolute Gasteiger partial charge is 0.496 e. The number of amides is 2. The van der Waals surface area contributed by atoms with Crippen LogP contribution in [-0.2, 0) is 0 Å². The van der Waals surface area contributed by atoms with E-state index in [4.69, 9.17) is 9.15 Å². The second-order valence-corrected chi connectivity index (χ2v) is 8.37. The van der Waals surface area contributed by atoms with E-state index >= 15 is 0 Å². The minimum atomic E-state index is -0.106. The van der Waals surface area contributed by atoms with E-state index in [1.807, 2.05) is 32.0 Å². The van der Waals surface area contributed by atoms with Gasteiger partial charge in [-0.3, -0.25) is 9.59 Å². The number of aromatic nitrogens is 1. The van der Waals surface area contributed by atoms with Gasteiger partial charge in [-0.15, -0.1) is 11.3 Å². The van der Waals surface area contributed by atoms with E-state index < -0.39 is 0 Å². The van der Waals surface area contributed by atoms with Gasteiger partial charge in [-0.25, -0.2) is 4.98 Å². The molecule has 4 rings (SSSR count). The SMILES string of the molecule is COc1cc(C(=O)N2CCN(C(=O)c3nc(-c4ccco4)sc3C)CC2)ccc1C. The van der Waals surface area contributed by atoms with Crippen LogP contribution in [0.5, 0.6) is 5.75 Å². The van der Waals surface area contributed by atoms with Crippen molar-refractivity contribution in [2.24, 2.45) is 0 Å². The minimum Gasteiger partial charge on any atom is -0.496 e. The third kappa shape index (κ3) is 3.82. The molecule has 1 aromatic carbocycles. The molecular weight excluding hydrogens is 402 g/mol. The first kappa shape index (κ1) is 20.2. The average Bonchev–Trinajstić information content (AvgIpc) is 3.43. The Bertz CT molecular complexity index is 1070. The molecule has 1 saturated heterocycles. The molecule has 3 heterocycles. The van der Waals surface area contributed by atoms with Gasteiger partial charge in [0.15, 0.2) is 10.8 Å². The summed E-state index contributed by atoms with van der Waals surface area (Å²) in [7, 11) is 1.60. The Kier molecular flexibility index (Phi) is 5.59. The lowest BCUT2D eigenvalue weighted by atomic mass is 10.1. The van der Waals surface area contributed by atoms with Crippen molar-refractivity contribution in [1.82, 2.24) is 14.8 Å². The van der Waals surface area contributed by atoms with Crippen molar-refractivity contribution in [2.45, 2.75) is 13.8 Å². The monoisotopic (exact) mass is 425 g/mol. The van der Waals surface area contributed by atoms with Crippen molar-refractivity contribution in [3.8, 4) is 16.5 Å². The molecule has 0 bridgehead atoms. The summed E-state index contributed by atoms with van der Waals surface area (Å²) in [5.74, 6) is 1.20. The number of thiazole rings is 1. The number of benzene rings is 1. The highest BCUT2D eigenvalue weighted by molar-refractivity contribution is 7.15. The highest BCUT2D eigenvalue weighted by Crippen LogP contribution is 2.29. The molecule has 1 fully saturated rings. The maximum atomic E-state index is 13.0. The van der Waals surface area contributed by atoms with Crippen LogP contribution < -0.4 is 4.74 Å². The van der Waals surface area contributed by atoms with E-state index in [1.165, 1.54) is 11.3 Å². The Morgan fingerprint density at radius 2 is 1.77 bits per heavy atom. The van der Waals surface area contributed by atoms with Crippen molar-refractivity contribution >= 4 is 23.2 Å². The number of piperazine rings is 1. The first-order valence-corrected chi connectivity index (χ1v) is 10.5. The summed E-state index contributed by atoms with van der Waals surface area (Å²) >= 11 is 1.44. The van der Waals surface area contributed by atoms with Crippen LogP contribution in [0.25, 0.3) is 10.8 Å². The number of furan rings is 1. The van der Waals surface area contributed by atoms with Crippen molar-refractivity contribution in [2.75, 3.05) is 33.3 Å². The van der Waals surface area contributed by atoms with Gasteiger partial charge in [-0.2, -0.15) is 0 Å². The summed E-state index contributed by atoms with van der Waals surface area (Å²) < 4.78 is 10.7. The number of nitrogens with zero attached hydrogens (tertiary/aromatic N) is 3. The number of aryl methyl sites for hydroxylation is 2. The topological polar surface area (TPSA) is 75.9 Å². The van der Waals surface area contributed by atoms with E-state index in [9.17, 15) is 9.59 Å². The Morgan fingerprint density at radius 1 is 1.07 bits per heavy atom. The Morgan fingerprint density at radius 3 is 2.40 bits per heavy atom. The van der Waals surface area contributed by atoms with Gasteiger partial charge >= 0.3 is 0 Å². The number of ether oxygens (including phenoxy) is 1. The molecule has 0 N–H and O–H groups in total. The van der Waals surface area contributed by atoms with Crippen molar-refractivity contribution in [3.63, 3.8) is 0 Å². The molecule has 0 atom stereocenters. The number of carbonyl (C=O) groups excluding carboxylic acids is 2. The maximum absolute atomic E-state index is 13.0. The number of hydrogen-bond acceptors (Lipinski definition) is 6. The van der Waals surface area contributed by atoms with Crippen molar-refractivity contribution < 1.29 is 18.7 Å². The maximum Gasteiger partial charge on any atom is 0.273 e. The summed E-state index contributed by atoms with van der Waals surface area (Å²) in [5, 5.41) is 0.697. The van der Waals surface area contributed by atoms with Crippen LogP contribution in [0.3, 0.4) is 0 Å². The van der Waals surface area contributed by atoms with Gasteiger partial charge in [0, 0.05) is 36.6 Å². The lowest BCUT2D eigenvalue weighted by molar-refractivity contribution is 0.0532.